The molecule has 0 aromatic carbocycles. The number of nitrogens with one attached hydrogen (secondary N) is 1. The smallest absolute Gasteiger partial charge is 0.140 e. The van der Waals surface area contributed by atoms with Crippen molar-refractivity contribution in [1.29, 1.82) is 5.26 Å². The van der Waals surface area contributed by atoms with Crippen LogP contribution in [0.5, 0.6) is 0 Å². The molecular weight excluding hydrogens is 180 g/mol. The van der Waals surface area contributed by atoms with Crippen molar-refractivity contribution in [2.45, 2.75) is 6.04 Å². The van der Waals surface area contributed by atoms with E-state index < -0.39 is 0 Å². The number of hydrogen-bond donors (Lipinski definition) is 1. The molecular formula is C9H12N4O. The second-order valence-electron chi connectivity index (χ2n) is 3.19. The van der Waals surface area contributed by atoms with Gasteiger partial charge in [0.2, 0.25) is 0 Å². The van der Waals surface area contributed by atoms with E-state index in [1.165, 1.54) is 0 Å². The van der Waals surface area contributed by atoms with Gasteiger partial charge in [0.15, 0.2) is 0 Å². The van der Waals surface area contributed by atoms with Crippen LogP contribution in [0.25, 0.3) is 0 Å². The van der Waals surface area contributed by atoms with Crippen molar-refractivity contribution in [1.82, 2.24) is 14.9 Å². The van der Waals surface area contributed by atoms with Crippen molar-refractivity contribution >= 4 is 0 Å². The van der Waals surface area contributed by atoms with E-state index >= 15 is 0 Å². The topological polar surface area (TPSA) is 64.9 Å². The number of imidazole rings is 1. The van der Waals surface area contributed by atoms with Gasteiger partial charge in [0.25, 0.3) is 0 Å². The van der Waals surface area contributed by atoms with Gasteiger partial charge in [-0.05, 0) is 0 Å². The van der Waals surface area contributed by atoms with E-state index in [9.17, 15) is 0 Å². The molecule has 5 heteroatoms. The van der Waals surface area contributed by atoms with E-state index in [1.54, 1.807) is 12.5 Å². The largest absolute Gasteiger partial charge is 0.379 e. The normalized spacial score (nSPS) is 20.2. The highest BCUT2D eigenvalue weighted by atomic mass is 16.5. The number of aromatic nitrogens is 2. The molecule has 1 aromatic rings. The number of ether oxygens (including phenoxy) is 1. The molecule has 2 heterocycles. The summed E-state index contributed by atoms with van der Waals surface area (Å²) in [5.41, 5.74) is 0.856. The summed E-state index contributed by atoms with van der Waals surface area (Å²) in [4.78, 5) is 8.98. The van der Waals surface area contributed by atoms with Crippen LogP contribution in [0.15, 0.2) is 12.5 Å². The molecule has 0 spiro atoms. The molecule has 0 saturated carbocycles. The van der Waals surface area contributed by atoms with E-state index in [4.69, 9.17) is 10.00 Å². The summed E-state index contributed by atoms with van der Waals surface area (Å²) >= 11 is 0. The number of H-pyrrole nitrogens is 1. The molecule has 14 heavy (non-hydrogen) atoms. The van der Waals surface area contributed by atoms with Gasteiger partial charge in [0.1, 0.15) is 6.04 Å². The lowest BCUT2D eigenvalue weighted by atomic mass is 10.2. The van der Waals surface area contributed by atoms with Crippen LogP contribution in [0.4, 0.5) is 0 Å². The summed E-state index contributed by atoms with van der Waals surface area (Å²) in [6.07, 6.45) is 3.30. The summed E-state index contributed by atoms with van der Waals surface area (Å²) in [7, 11) is 0. The molecule has 1 fully saturated rings. The van der Waals surface area contributed by atoms with Gasteiger partial charge in [-0.3, -0.25) is 4.90 Å². The van der Waals surface area contributed by atoms with Gasteiger partial charge >= 0.3 is 0 Å². The third-order valence-corrected chi connectivity index (χ3v) is 2.35. The fourth-order valence-corrected chi connectivity index (χ4v) is 1.60. The molecule has 0 radical (unpaired) electrons. The molecule has 0 amide bonds. The molecule has 1 aliphatic rings. The van der Waals surface area contributed by atoms with Gasteiger partial charge in [-0.1, -0.05) is 0 Å². The zero-order valence-electron chi connectivity index (χ0n) is 7.81. The summed E-state index contributed by atoms with van der Waals surface area (Å²) in [6, 6.07) is 2.05. The molecule has 74 valence electrons. The minimum atomic E-state index is -0.221. The Balaban J connectivity index is 2.09. The summed E-state index contributed by atoms with van der Waals surface area (Å²) in [5, 5.41) is 9.07. The Bertz CT molecular complexity index is 310. The van der Waals surface area contributed by atoms with Crippen LogP contribution < -0.4 is 0 Å². The van der Waals surface area contributed by atoms with Gasteiger partial charge in [-0.2, -0.15) is 5.26 Å². The van der Waals surface area contributed by atoms with E-state index in [1.807, 2.05) is 0 Å². The van der Waals surface area contributed by atoms with E-state index in [0.717, 1.165) is 18.8 Å². The van der Waals surface area contributed by atoms with Crippen molar-refractivity contribution in [3.63, 3.8) is 0 Å². The van der Waals surface area contributed by atoms with Crippen LogP contribution in [-0.2, 0) is 4.74 Å². The average molecular weight is 192 g/mol. The van der Waals surface area contributed by atoms with Crippen molar-refractivity contribution in [2.75, 3.05) is 26.3 Å². The monoisotopic (exact) mass is 192 g/mol. The average Bonchev–Trinajstić information content (AvgIpc) is 2.74. The first-order valence-electron chi connectivity index (χ1n) is 4.61. The minimum absolute atomic E-state index is 0.221. The number of hydrogen-bond acceptors (Lipinski definition) is 4. The molecule has 1 N–H and O–H groups in total. The van der Waals surface area contributed by atoms with Crippen molar-refractivity contribution in [2.24, 2.45) is 0 Å². The van der Waals surface area contributed by atoms with Crippen molar-refractivity contribution in [3.8, 4) is 6.07 Å². The number of morpholine rings is 1. The number of nitriles is 1. The van der Waals surface area contributed by atoms with Crippen molar-refractivity contribution in [3.05, 3.63) is 18.2 Å². The molecule has 1 aliphatic heterocycles. The Morgan fingerprint density at radius 1 is 1.57 bits per heavy atom. The zero-order valence-corrected chi connectivity index (χ0v) is 7.81. The Kier molecular flexibility index (Phi) is 2.77. The first-order valence-corrected chi connectivity index (χ1v) is 4.61. The first kappa shape index (κ1) is 9.19. The quantitative estimate of drug-likeness (QED) is 0.732. The highest BCUT2D eigenvalue weighted by Crippen LogP contribution is 2.18. The second kappa shape index (κ2) is 4.22. The lowest BCUT2D eigenvalue weighted by Crippen LogP contribution is -2.38. The third kappa shape index (κ3) is 1.76. The summed E-state index contributed by atoms with van der Waals surface area (Å²) in [6.45, 7) is 3.01. The lowest BCUT2D eigenvalue weighted by molar-refractivity contribution is 0.0260. The summed E-state index contributed by atoms with van der Waals surface area (Å²) in [5.74, 6) is 0. The fraction of sp³-hybridized carbons (Fsp3) is 0.556. The zero-order chi connectivity index (χ0) is 9.80. The molecule has 5 nitrogen and oxygen atoms in total. The molecule has 0 aliphatic carbocycles. The van der Waals surface area contributed by atoms with Crippen LogP contribution >= 0.6 is 0 Å². The molecule has 2 rings (SSSR count). The molecule has 1 unspecified atom stereocenters. The van der Waals surface area contributed by atoms with Gasteiger partial charge < -0.3 is 9.72 Å². The summed E-state index contributed by atoms with van der Waals surface area (Å²) < 4.78 is 5.23. The van der Waals surface area contributed by atoms with Crippen LogP contribution in [0.3, 0.4) is 0 Å². The van der Waals surface area contributed by atoms with Gasteiger partial charge in [0, 0.05) is 13.1 Å². The predicted octanol–water partition coefficient (Wildman–Crippen LogP) is 0.307. The second-order valence-corrected chi connectivity index (χ2v) is 3.19. The Hall–Kier alpha value is -1.38. The van der Waals surface area contributed by atoms with Crippen LogP contribution in [0, 0.1) is 11.3 Å². The highest BCUT2D eigenvalue weighted by molar-refractivity contribution is 5.12. The van der Waals surface area contributed by atoms with Crippen LogP contribution in [-0.4, -0.2) is 41.2 Å². The molecule has 1 aromatic heterocycles. The van der Waals surface area contributed by atoms with Gasteiger partial charge in [-0.25, -0.2) is 4.98 Å². The Morgan fingerprint density at radius 3 is 2.93 bits per heavy atom. The molecule has 1 saturated heterocycles. The van der Waals surface area contributed by atoms with Gasteiger partial charge in [0.05, 0.1) is 37.5 Å². The Morgan fingerprint density at radius 2 is 2.36 bits per heavy atom. The van der Waals surface area contributed by atoms with E-state index in [0.29, 0.717) is 13.2 Å². The van der Waals surface area contributed by atoms with Crippen molar-refractivity contribution < 1.29 is 4.74 Å². The third-order valence-electron chi connectivity index (χ3n) is 2.35. The first-order chi connectivity index (χ1) is 6.92. The number of aromatic amines is 1. The van der Waals surface area contributed by atoms with E-state index in [2.05, 4.69) is 20.9 Å². The molecule has 1 atom stereocenters. The SMILES string of the molecule is N#CC(c1cnc[nH]1)N1CCOCC1. The standard InChI is InChI=1S/C9H12N4O/c10-5-9(8-6-11-7-12-8)13-1-3-14-4-2-13/h6-7,9H,1-4H2,(H,11,12). The fourth-order valence-electron chi connectivity index (χ4n) is 1.60. The maximum absolute atomic E-state index is 9.07. The van der Waals surface area contributed by atoms with E-state index in [-0.39, 0.29) is 6.04 Å². The minimum Gasteiger partial charge on any atom is -0.379 e. The lowest BCUT2D eigenvalue weighted by Gasteiger charge is -2.29. The number of nitrogens with zero attached hydrogens (tertiary/aromatic N) is 3. The maximum atomic E-state index is 9.07. The number of rotatable bonds is 2. The van der Waals surface area contributed by atoms with Crippen LogP contribution in [0.1, 0.15) is 11.7 Å². The molecule has 0 bridgehead atoms. The van der Waals surface area contributed by atoms with Gasteiger partial charge in [-0.15, -0.1) is 0 Å². The van der Waals surface area contributed by atoms with Crippen LogP contribution in [0.2, 0.25) is 0 Å². The maximum Gasteiger partial charge on any atom is 0.140 e. The Labute approximate surface area is 82.3 Å². The highest BCUT2D eigenvalue weighted by Gasteiger charge is 2.22. The predicted molar refractivity (Wildman–Crippen MR) is 49.3 cm³/mol.